The fourth-order valence-corrected chi connectivity index (χ4v) is 2.80. The van der Waals surface area contributed by atoms with Crippen LogP contribution < -0.4 is 15.5 Å². The maximum Gasteiger partial charge on any atom is 0.329 e. The zero-order valence-corrected chi connectivity index (χ0v) is 18.1. The number of ether oxygens (including phenoxy) is 2. The van der Waals surface area contributed by atoms with Crippen LogP contribution in [0.1, 0.15) is 17.5 Å². The Labute approximate surface area is 182 Å². The number of nitrogens with zero attached hydrogens (tertiary/aromatic N) is 1. The molecular formula is C20H21BrClN3O4. The zero-order chi connectivity index (χ0) is 21.1. The molecule has 0 saturated heterocycles. The molecule has 154 valence electrons. The average Bonchev–Trinajstić information content (AvgIpc) is 2.71. The number of hydrazone groups is 1. The Kier molecular flexibility index (Phi) is 9.63. The third-order valence-electron chi connectivity index (χ3n) is 3.70. The molecule has 0 heterocycles. The van der Waals surface area contributed by atoms with E-state index in [-0.39, 0.29) is 6.61 Å². The molecule has 2 aromatic carbocycles. The lowest BCUT2D eigenvalue weighted by Crippen LogP contribution is -2.38. The second-order valence-electron chi connectivity index (χ2n) is 5.86. The van der Waals surface area contributed by atoms with Gasteiger partial charge in [0.05, 0.1) is 6.21 Å². The maximum absolute atomic E-state index is 11.8. The molecule has 29 heavy (non-hydrogen) atoms. The molecule has 9 heteroatoms. The Hall–Kier alpha value is -2.42. The molecule has 2 rings (SSSR count). The molecular weight excluding hydrogens is 462 g/mol. The summed E-state index contributed by atoms with van der Waals surface area (Å²) in [5.41, 5.74) is 3.66. The van der Waals surface area contributed by atoms with E-state index in [9.17, 15) is 9.59 Å². The van der Waals surface area contributed by atoms with E-state index in [4.69, 9.17) is 21.1 Å². The van der Waals surface area contributed by atoms with Crippen molar-refractivity contribution in [3.63, 3.8) is 0 Å². The van der Waals surface area contributed by atoms with E-state index in [1.165, 1.54) is 6.21 Å². The zero-order valence-electron chi connectivity index (χ0n) is 15.8. The van der Waals surface area contributed by atoms with Crippen molar-refractivity contribution < 1.29 is 19.1 Å². The number of halogens is 2. The van der Waals surface area contributed by atoms with Gasteiger partial charge in [-0.3, -0.25) is 9.59 Å². The lowest BCUT2D eigenvalue weighted by Gasteiger charge is -2.10. The first-order valence-electron chi connectivity index (χ1n) is 8.77. The largest absolute Gasteiger partial charge is 0.488 e. The summed E-state index contributed by atoms with van der Waals surface area (Å²) in [6.07, 6.45) is 2.02. The van der Waals surface area contributed by atoms with Crippen molar-refractivity contribution in [2.45, 2.75) is 13.0 Å². The lowest BCUT2D eigenvalue weighted by molar-refractivity contribution is -0.139. The number of methoxy groups -OCH3 is 1. The number of rotatable bonds is 9. The van der Waals surface area contributed by atoms with E-state index < -0.39 is 11.8 Å². The Morgan fingerprint density at radius 2 is 2.00 bits per heavy atom. The Bertz CT molecular complexity index is 877. The first kappa shape index (κ1) is 22.9. The normalized spacial score (nSPS) is 10.7. The van der Waals surface area contributed by atoms with Gasteiger partial charge < -0.3 is 14.8 Å². The van der Waals surface area contributed by atoms with Crippen molar-refractivity contribution >= 4 is 45.6 Å². The quantitative estimate of drug-likeness (QED) is 0.248. The van der Waals surface area contributed by atoms with Gasteiger partial charge in [0.2, 0.25) is 0 Å². The minimum atomic E-state index is -0.854. The van der Waals surface area contributed by atoms with Gasteiger partial charge >= 0.3 is 11.8 Å². The van der Waals surface area contributed by atoms with Crippen LogP contribution in [0.25, 0.3) is 0 Å². The number of hydrogen-bond donors (Lipinski definition) is 2. The van der Waals surface area contributed by atoms with Gasteiger partial charge in [-0.15, -0.1) is 0 Å². The van der Waals surface area contributed by atoms with Crippen LogP contribution in [0.2, 0.25) is 5.02 Å². The molecule has 0 spiro atoms. The van der Waals surface area contributed by atoms with Crippen LogP contribution in [-0.2, 0) is 20.9 Å². The molecule has 0 aliphatic heterocycles. The van der Waals surface area contributed by atoms with Crippen molar-refractivity contribution in [2.75, 3.05) is 20.3 Å². The van der Waals surface area contributed by atoms with Gasteiger partial charge in [0.25, 0.3) is 0 Å². The molecule has 0 unspecified atom stereocenters. The fraction of sp³-hybridized carbons (Fsp3) is 0.250. The van der Waals surface area contributed by atoms with Gasteiger partial charge in [0.15, 0.2) is 0 Å². The highest BCUT2D eigenvalue weighted by Crippen LogP contribution is 2.24. The molecule has 0 aromatic heterocycles. The highest BCUT2D eigenvalue weighted by atomic mass is 79.9. The lowest BCUT2D eigenvalue weighted by atomic mass is 10.2. The van der Waals surface area contributed by atoms with Crippen LogP contribution in [-0.4, -0.2) is 38.3 Å². The topological polar surface area (TPSA) is 89.0 Å². The van der Waals surface area contributed by atoms with Crippen LogP contribution in [0.15, 0.2) is 52.0 Å². The Balaban J connectivity index is 1.95. The highest BCUT2D eigenvalue weighted by Gasteiger charge is 2.11. The first-order chi connectivity index (χ1) is 14.0. The van der Waals surface area contributed by atoms with Crippen LogP contribution >= 0.6 is 27.5 Å². The second-order valence-corrected chi connectivity index (χ2v) is 7.19. The number of hydrogen-bond acceptors (Lipinski definition) is 5. The molecule has 0 radical (unpaired) electrons. The van der Waals surface area contributed by atoms with Crippen molar-refractivity contribution in [1.82, 2.24) is 10.7 Å². The summed E-state index contributed by atoms with van der Waals surface area (Å²) in [6.45, 7) is 1.12. The highest BCUT2D eigenvalue weighted by molar-refractivity contribution is 9.10. The van der Waals surface area contributed by atoms with E-state index in [0.717, 1.165) is 10.0 Å². The predicted molar refractivity (Wildman–Crippen MR) is 115 cm³/mol. The number of nitrogens with one attached hydrogen (secondary N) is 2. The van der Waals surface area contributed by atoms with E-state index in [1.807, 2.05) is 24.3 Å². The van der Waals surface area contributed by atoms with Gasteiger partial charge in [-0.25, -0.2) is 5.43 Å². The molecule has 0 aliphatic carbocycles. The summed E-state index contributed by atoms with van der Waals surface area (Å²) in [4.78, 5) is 23.5. The SMILES string of the molecule is COCCCNC(=O)C(=O)N/N=C\c1cc(Br)ccc1OCc1ccccc1Cl. The molecule has 0 atom stereocenters. The van der Waals surface area contributed by atoms with Crippen molar-refractivity contribution in [1.29, 1.82) is 0 Å². The fourth-order valence-electron chi connectivity index (χ4n) is 2.23. The monoisotopic (exact) mass is 481 g/mol. The van der Waals surface area contributed by atoms with Gasteiger partial charge in [-0.1, -0.05) is 45.7 Å². The molecule has 0 saturated carbocycles. The third-order valence-corrected chi connectivity index (χ3v) is 4.56. The van der Waals surface area contributed by atoms with Gasteiger partial charge in [-0.2, -0.15) is 5.10 Å². The van der Waals surface area contributed by atoms with E-state index in [0.29, 0.717) is 35.9 Å². The summed E-state index contributed by atoms with van der Waals surface area (Å²) in [7, 11) is 1.57. The molecule has 0 aliphatic rings. The maximum atomic E-state index is 11.8. The van der Waals surface area contributed by atoms with E-state index in [2.05, 4.69) is 31.8 Å². The molecule has 2 aromatic rings. The van der Waals surface area contributed by atoms with Gasteiger partial charge in [-0.05, 0) is 30.7 Å². The van der Waals surface area contributed by atoms with Crippen LogP contribution in [0, 0.1) is 0 Å². The molecule has 0 fully saturated rings. The van der Waals surface area contributed by atoms with Crippen LogP contribution in [0.4, 0.5) is 0 Å². The summed E-state index contributed by atoms with van der Waals surface area (Å²) in [5.74, 6) is -1.06. The summed E-state index contributed by atoms with van der Waals surface area (Å²) < 4.78 is 11.5. The van der Waals surface area contributed by atoms with Gasteiger partial charge in [0.1, 0.15) is 12.4 Å². The summed E-state index contributed by atoms with van der Waals surface area (Å²) in [5, 5.41) is 6.94. The molecule has 7 nitrogen and oxygen atoms in total. The molecule has 2 amide bonds. The first-order valence-corrected chi connectivity index (χ1v) is 9.94. The Morgan fingerprint density at radius 1 is 1.21 bits per heavy atom. The molecule has 0 bridgehead atoms. The van der Waals surface area contributed by atoms with Crippen LogP contribution in [0.5, 0.6) is 5.75 Å². The number of amides is 2. The number of carbonyl (C=O) groups is 2. The average molecular weight is 483 g/mol. The minimum absolute atomic E-state index is 0.276. The van der Waals surface area contributed by atoms with Gasteiger partial charge in [0, 0.05) is 40.9 Å². The van der Waals surface area contributed by atoms with Crippen molar-refractivity contribution in [3.8, 4) is 5.75 Å². The Morgan fingerprint density at radius 3 is 2.76 bits per heavy atom. The van der Waals surface area contributed by atoms with E-state index >= 15 is 0 Å². The summed E-state index contributed by atoms with van der Waals surface area (Å²) >= 11 is 9.54. The summed E-state index contributed by atoms with van der Waals surface area (Å²) in [6, 6.07) is 12.8. The second kappa shape index (κ2) is 12.2. The minimum Gasteiger partial charge on any atom is -0.488 e. The van der Waals surface area contributed by atoms with Crippen molar-refractivity contribution in [2.24, 2.45) is 5.10 Å². The van der Waals surface area contributed by atoms with E-state index in [1.54, 1.807) is 25.3 Å². The standard InChI is InChI=1S/C20H21BrClN3O4/c1-28-10-4-9-23-19(26)20(27)25-24-12-15-11-16(21)7-8-18(15)29-13-14-5-2-3-6-17(14)22/h2-3,5-8,11-12H,4,9-10,13H2,1H3,(H,23,26)(H,25,27)/b24-12-. The molecule has 2 N–H and O–H groups in total. The smallest absolute Gasteiger partial charge is 0.329 e. The van der Waals surface area contributed by atoms with Crippen LogP contribution in [0.3, 0.4) is 0 Å². The third kappa shape index (κ3) is 7.84. The predicted octanol–water partition coefficient (Wildman–Crippen LogP) is 3.28. The number of carbonyl (C=O) groups excluding carboxylic acids is 2. The number of benzene rings is 2. The van der Waals surface area contributed by atoms with Crippen molar-refractivity contribution in [3.05, 3.63) is 63.1 Å².